The van der Waals surface area contributed by atoms with E-state index in [-0.39, 0.29) is 24.1 Å². The first-order chi connectivity index (χ1) is 15.0. The van der Waals surface area contributed by atoms with Crippen LogP contribution in [0.2, 0.25) is 0 Å². The summed E-state index contributed by atoms with van der Waals surface area (Å²) in [5.41, 5.74) is 3.49. The van der Waals surface area contributed by atoms with Gasteiger partial charge in [-0.2, -0.15) is 0 Å². The maximum absolute atomic E-state index is 13.1. The molecule has 0 aliphatic carbocycles. The molecule has 1 saturated heterocycles. The van der Waals surface area contributed by atoms with Crippen LogP contribution in [0.25, 0.3) is 0 Å². The average Bonchev–Trinajstić information content (AvgIpc) is 3.25. The first-order valence-corrected chi connectivity index (χ1v) is 10.3. The summed E-state index contributed by atoms with van der Waals surface area (Å²) in [6, 6.07) is 16.5. The molecular weight excluding hydrogens is 394 g/mol. The van der Waals surface area contributed by atoms with E-state index >= 15 is 0 Å². The minimum absolute atomic E-state index is 0.162. The lowest BCUT2D eigenvalue weighted by molar-refractivity contribution is -0.127. The van der Waals surface area contributed by atoms with E-state index in [0.717, 1.165) is 16.9 Å². The summed E-state index contributed by atoms with van der Waals surface area (Å²) >= 11 is 0. The summed E-state index contributed by atoms with van der Waals surface area (Å²) in [5.74, 6) is 0.688. The van der Waals surface area contributed by atoms with Gasteiger partial charge in [0.2, 0.25) is 5.91 Å². The average molecular weight is 419 g/mol. The van der Waals surface area contributed by atoms with Gasteiger partial charge in [-0.05, 0) is 42.7 Å². The van der Waals surface area contributed by atoms with Crippen molar-refractivity contribution in [3.05, 3.63) is 82.7 Å². The Morgan fingerprint density at radius 3 is 2.74 bits per heavy atom. The van der Waals surface area contributed by atoms with E-state index in [4.69, 9.17) is 9.26 Å². The van der Waals surface area contributed by atoms with Gasteiger partial charge < -0.3 is 19.5 Å². The third-order valence-electron chi connectivity index (χ3n) is 5.50. The molecule has 1 aromatic heterocycles. The summed E-state index contributed by atoms with van der Waals surface area (Å²) < 4.78 is 11.1. The van der Waals surface area contributed by atoms with E-state index in [9.17, 15) is 9.59 Å². The normalized spacial score (nSPS) is 16.1. The van der Waals surface area contributed by atoms with Crippen LogP contribution in [0, 0.1) is 13.8 Å². The van der Waals surface area contributed by atoms with E-state index in [2.05, 4.69) is 10.5 Å². The van der Waals surface area contributed by atoms with Crippen molar-refractivity contribution in [3.8, 4) is 5.75 Å². The van der Waals surface area contributed by atoms with Gasteiger partial charge in [-0.1, -0.05) is 41.6 Å². The lowest BCUT2D eigenvalue weighted by atomic mass is 10.0. The Balaban J connectivity index is 1.44. The number of nitrogens with one attached hydrogen (secondary N) is 1. The molecule has 2 amide bonds. The summed E-state index contributed by atoms with van der Waals surface area (Å²) in [6.07, 6.45) is 0.443. The Hall–Kier alpha value is -3.61. The third kappa shape index (κ3) is 4.77. The van der Waals surface area contributed by atoms with Crippen molar-refractivity contribution in [2.75, 3.05) is 13.1 Å². The van der Waals surface area contributed by atoms with Crippen LogP contribution in [-0.2, 0) is 17.8 Å². The van der Waals surface area contributed by atoms with Crippen molar-refractivity contribution in [2.45, 2.75) is 32.9 Å². The number of benzene rings is 2. The Morgan fingerprint density at radius 1 is 1.16 bits per heavy atom. The highest BCUT2D eigenvalue weighted by Gasteiger charge is 2.34. The number of amides is 2. The molecule has 1 atom stereocenters. The fraction of sp³-hybridized carbons (Fsp3) is 0.292. The zero-order valence-corrected chi connectivity index (χ0v) is 17.6. The first-order valence-electron chi connectivity index (χ1n) is 10.3. The van der Waals surface area contributed by atoms with Crippen LogP contribution in [0.5, 0.6) is 5.75 Å². The highest BCUT2D eigenvalue weighted by atomic mass is 16.5. The Labute approximate surface area is 181 Å². The molecule has 0 saturated carbocycles. The van der Waals surface area contributed by atoms with Crippen molar-refractivity contribution < 1.29 is 18.8 Å². The van der Waals surface area contributed by atoms with Crippen molar-refractivity contribution in [2.24, 2.45) is 0 Å². The van der Waals surface area contributed by atoms with Gasteiger partial charge in [0.25, 0.3) is 5.91 Å². The number of ether oxygens (including phenoxy) is 1. The fourth-order valence-electron chi connectivity index (χ4n) is 3.59. The topological polar surface area (TPSA) is 84.7 Å². The minimum Gasteiger partial charge on any atom is -0.486 e. The molecule has 0 bridgehead atoms. The molecule has 2 heterocycles. The zero-order valence-electron chi connectivity index (χ0n) is 17.6. The number of aryl methyl sites for hydroxylation is 2. The number of nitrogens with zero attached hydrogens (tertiary/aromatic N) is 2. The summed E-state index contributed by atoms with van der Waals surface area (Å²) in [6.45, 7) is 5.06. The van der Waals surface area contributed by atoms with Gasteiger partial charge in [-0.15, -0.1) is 0 Å². The van der Waals surface area contributed by atoms with Crippen LogP contribution in [0.4, 0.5) is 0 Å². The van der Waals surface area contributed by atoms with Crippen molar-refractivity contribution in [1.82, 2.24) is 15.4 Å². The van der Waals surface area contributed by atoms with E-state index in [1.807, 2.05) is 62.4 Å². The van der Waals surface area contributed by atoms with Gasteiger partial charge in [-0.25, -0.2) is 0 Å². The Kier molecular flexibility index (Phi) is 6.02. The number of rotatable bonds is 6. The molecule has 1 aliphatic rings. The van der Waals surface area contributed by atoms with Crippen LogP contribution in [0.1, 0.15) is 32.9 Å². The van der Waals surface area contributed by atoms with Gasteiger partial charge in [0.15, 0.2) is 11.5 Å². The molecule has 31 heavy (non-hydrogen) atoms. The van der Waals surface area contributed by atoms with Crippen LogP contribution >= 0.6 is 0 Å². The molecular formula is C24H25N3O4. The van der Waals surface area contributed by atoms with E-state index in [1.165, 1.54) is 5.56 Å². The lowest BCUT2D eigenvalue weighted by Gasteiger charge is -2.34. The van der Waals surface area contributed by atoms with Crippen molar-refractivity contribution in [3.63, 3.8) is 0 Å². The summed E-state index contributed by atoms with van der Waals surface area (Å²) in [7, 11) is 0. The van der Waals surface area contributed by atoms with E-state index < -0.39 is 6.04 Å². The summed E-state index contributed by atoms with van der Waals surface area (Å²) in [4.78, 5) is 27.2. The maximum Gasteiger partial charge on any atom is 0.276 e. The monoisotopic (exact) mass is 419 g/mol. The number of piperazine rings is 1. The predicted octanol–water partition coefficient (Wildman–Crippen LogP) is 3.05. The number of carbonyl (C=O) groups is 2. The van der Waals surface area contributed by atoms with Crippen molar-refractivity contribution >= 4 is 11.8 Å². The molecule has 0 spiro atoms. The van der Waals surface area contributed by atoms with Gasteiger partial charge in [-0.3, -0.25) is 9.59 Å². The smallest absolute Gasteiger partial charge is 0.276 e. The number of aromatic nitrogens is 1. The van der Waals surface area contributed by atoms with E-state index in [1.54, 1.807) is 11.0 Å². The molecule has 1 N–H and O–H groups in total. The molecule has 0 unspecified atom stereocenters. The third-order valence-corrected chi connectivity index (χ3v) is 5.50. The molecule has 7 heteroatoms. The minimum atomic E-state index is -0.587. The fourth-order valence-corrected chi connectivity index (χ4v) is 3.59. The second kappa shape index (κ2) is 9.04. The second-order valence-corrected chi connectivity index (χ2v) is 7.71. The van der Waals surface area contributed by atoms with Crippen LogP contribution in [-0.4, -0.2) is 41.0 Å². The predicted molar refractivity (Wildman–Crippen MR) is 115 cm³/mol. The van der Waals surface area contributed by atoms with E-state index in [0.29, 0.717) is 25.3 Å². The molecule has 1 fully saturated rings. The van der Waals surface area contributed by atoms with Crippen molar-refractivity contribution in [1.29, 1.82) is 0 Å². The molecule has 4 rings (SSSR count). The van der Waals surface area contributed by atoms with Gasteiger partial charge in [0, 0.05) is 25.6 Å². The van der Waals surface area contributed by atoms with Gasteiger partial charge in [0.1, 0.15) is 18.4 Å². The molecule has 2 aromatic carbocycles. The van der Waals surface area contributed by atoms with Crippen LogP contribution in [0.3, 0.4) is 0 Å². The molecule has 7 nitrogen and oxygen atoms in total. The first kappa shape index (κ1) is 20.7. The second-order valence-electron chi connectivity index (χ2n) is 7.71. The highest BCUT2D eigenvalue weighted by Crippen LogP contribution is 2.19. The molecule has 1 aliphatic heterocycles. The molecule has 160 valence electrons. The van der Waals surface area contributed by atoms with Crippen LogP contribution in [0.15, 0.2) is 59.1 Å². The number of hydrogen-bond acceptors (Lipinski definition) is 5. The SMILES string of the molecule is Cc1ccc(OCc2cc(C(=O)N3CCNC(=O)[C@@H]3Cc3ccccc3)no2)cc1C. The number of carbonyl (C=O) groups excluding carboxylic acids is 2. The number of hydrogen-bond donors (Lipinski definition) is 1. The highest BCUT2D eigenvalue weighted by molar-refractivity contribution is 5.97. The standard InChI is InChI=1S/C24H25N3O4/c1-16-8-9-19(12-17(16)2)30-15-20-14-21(26-31-20)24(29)27-11-10-25-23(28)22(27)13-18-6-4-3-5-7-18/h3-9,12,14,22H,10-11,13,15H2,1-2H3,(H,25,28)/t22-/m0/s1. The quantitative estimate of drug-likeness (QED) is 0.664. The molecule has 3 aromatic rings. The lowest BCUT2D eigenvalue weighted by Crippen LogP contribution is -2.58. The maximum atomic E-state index is 13.1. The zero-order chi connectivity index (χ0) is 21.8. The largest absolute Gasteiger partial charge is 0.486 e. The van der Waals surface area contributed by atoms with Gasteiger partial charge in [0.05, 0.1) is 0 Å². The molecule has 0 radical (unpaired) electrons. The Morgan fingerprint density at radius 2 is 1.97 bits per heavy atom. The Bertz CT molecular complexity index is 1080. The van der Waals surface area contributed by atoms with Gasteiger partial charge >= 0.3 is 0 Å². The van der Waals surface area contributed by atoms with Crippen LogP contribution < -0.4 is 10.1 Å². The summed E-state index contributed by atoms with van der Waals surface area (Å²) in [5, 5.41) is 6.77.